The number of thiophene rings is 1. The van der Waals surface area contributed by atoms with Crippen LogP contribution in [0.3, 0.4) is 0 Å². The number of nitrogens with zero attached hydrogens (tertiary/aromatic N) is 1. The first-order valence-electron chi connectivity index (χ1n) is 9.12. The maximum absolute atomic E-state index is 12.8. The predicted molar refractivity (Wildman–Crippen MR) is 111 cm³/mol. The van der Waals surface area contributed by atoms with Crippen molar-refractivity contribution in [3.05, 3.63) is 51.9 Å². The third-order valence-electron chi connectivity index (χ3n) is 5.39. The lowest BCUT2D eigenvalue weighted by atomic mass is 10.1. The molecule has 0 saturated carbocycles. The van der Waals surface area contributed by atoms with Crippen LogP contribution in [0.2, 0.25) is 0 Å². The highest BCUT2D eigenvalue weighted by Gasteiger charge is 2.26. The van der Waals surface area contributed by atoms with Gasteiger partial charge in [0.05, 0.1) is 5.56 Å². The average Bonchev–Trinajstić information content (AvgIpc) is 3.40. The van der Waals surface area contributed by atoms with Crippen LogP contribution in [0.1, 0.15) is 44.7 Å². The van der Waals surface area contributed by atoms with Gasteiger partial charge >= 0.3 is 0 Å². The fraction of sp³-hybridized carbons (Fsp3) is 0.400. The number of nitrogens with one attached hydrogen (secondary N) is 2. The van der Waals surface area contributed by atoms with Crippen LogP contribution in [0.25, 0.3) is 0 Å². The number of fused-ring (bicyclic) bond motifs is 1. The molecule has 1 fully saturated rings. The highest BCUT2D eigenvalue weighted by molar-refractivity contribution is 7.14. The summed E-state index contributed by atoms with van der Waals surface area (Å²) in [5.41, 5.74) is 3.85. The third-order valence-corrected chi connectivity index (χ3v) is 6.22. The molecule has 0 bridgehead atoms. The van der Waals surface area contributed by atoms with Crippen LogP contribution < -0.4 is 10.6 Å². The lowest BCUT2D eigenvalue weighted by Gasteiger charge is -2.24. The Morgan fingerprint density at radius 2 is 2.04 bits per heavy atom. The Hall–Kier alpha value is -1.89. The van der Waals surface area contributed by atoms with Gasteiger partial charge in [0.1, 0.15) is 5.00 Å². The van der Waals surface area contributed by atoms with Crippen LogP contribution in [-0.4, -0.2) is 42.9 Å². The molecule has 2 aromatic rings. The second-order valence-corrected chi connectivity index (χ2v) is 7.93. The third kappa shape index (κ3) is 4.03. The van der Waals surface area contributed by atoms with E-state index in [1.807, 2.05) is 24.6 Å². The Bertz CT molecular complexity index is 846. The summed E-state index contributed by atoms with van der Waals surface area (Å²) in [6.45, 7) is 1.76. The summed E-state index contributed by atoms with van der Waals surface area (Å²) in [6, 6.07) is 7.93. The predicted octanol–water partition coefficient (Wildman–Crippen LogP) is 3.34. The summed E-state index contributed by atoms with van der Waals surface area (Å²) in [5.74, 6) is -0.189. The van der Waals surface area contributed by atoms with Gasteiger partial charge in [-0.15, -0.1) is 23.7 Å². The Kier molecular flexibility index (Phi) is 6.19. The van der Waals surface area contributed by atoms with Gasteiger partial charge in [0.15, 0.2) is 0 Å². The molecule has 1 aliphatic heterocycles. The van der Waals surface area contributed by atoms with E-state index in [0.29, 0.717) is 16.1 Å². The molecule has 2 N–H and O–H groups in total. The van der Waals surface area contributed by atoms with Crippen molar-refractivity contribution in [2.24, 2.45) is 0 Å². The first kappa shape index (κ1) is 19.9. The molecule has 27 heavy (non-hydrogen) atoms. The number of hydrogen-bond donors (Lipinski definition) is 2. The standard InChI is InChI=1S/C20H23N3O2S.ClH/c1-23(16-7-9-21-12-16)20(25)17-8-10-26-19(17)22-18(24)15-6-5-13-3-2-4-14(13)11-15;/h5-6,8,10-11,16,21H,2-4,7,9,12H2,1H3,(H,22,24);1H. The van der Waals surface area contributed by atoms with Crippen LogP contribution in [0, 0.1) is 0 Å². The molecule has 2 aliphatic rings. The smallest absolute Gasteiger partial charge is 0.256 e. The maximum atomic E-state index is 12.8. The molecule has 1 unspecified atom stereocenters. The molecule has 0 spiro atoms. The van der Waals surface area contributed by atoms with Gasteiger partial charge in [-0.2, -0.15) is 0 Å². The zero-order chi connectivity index (χ0) is 18.1. The monoisotopic (exact) mass is 405 g/mol. The zero-order valence-corrected chi connectivity index (χ0v) is 16.9. The molecule has 1 aromatic carbocycles. The van der Waals surface area contributed by atoms with Crippen molar-refractivity contribution in [1.82, 2.24) is 10.2 Å². The molecular weight excluding hydrogens is 382 g/mol. The molecular formula is C20H24ClN3O2S. The molecule has 144 valence electrons. The van der Waals surface area contributed by atoms with E-state index >= 15 is 0 Å². The van der Waals surface area contributed by atoms with E-state index in [9.17, 15) is 9.59 Å². The van der Waals surface area contributed by atoms with Gasteiger partial charge < -0.3 is 15.5 Å². The number of hydrogen-bond acceptors (Lipinski definition) is 4. The Labute approximate surface area is 169 Å². The molecule has 4 rings (SSSR count). The van der Waals surface area contributed by atoms with Crippen LogP contribution in [-0.2, 0) is 12.8 Å². The van der Waals surface area contributed by atoms with Crippen molar-refractivity contribution in [3.8, 4) is 0 Å². The summed E-state index contributed by atoms with van der Waals surface area (Å²) < 4.78 is 0. The quantitative estimate of drug-likeness (QED) is 0.820. The molecule has 2 amide bonds. The second kappa shape index (κ2) is 8.42. The Morgan fingerprint density at radius 1 is 1.22 bits per heavy atom. The molecule has 1 saturated heterocycles. The zero-order valence-electron chi connectivity index (χ0n) is 15.3. The van der Waals surface area contributed by atoms with Gasteiger partial charge in [0.25, 0.3) is 11.8 Å². The van der Waals surface area contributed by atoms with Crippen LogP contribution in [0.4, 0.5) is 5.00 Å². The number of halogens is 1. The van der Waals surface area contributed by atoms with E-state index in [4.69, 9.17) is 0 Å². The molecule has 0 radical (unpaired) electrons. The number of aryl methyl sites for hydroxylation is 2. The first-order valence-corrected chi connectivity index (χ1v) is 10.00. The number of amides is 2. The number of carbonyl (C=O) groups is 2. The minimum absolute atomic E-state index is 0. The lowest BCUT2D eigenvalue weighted by molar-refractivity contribution is 0.0745. The molecule has 1 atom stereocenters. The number of rotatable bonds is 4. The van der Waals surface area contributed by atoms with Crippen LogP contribution in [0.5, 0.6) is 0 Å². The summed E-state index contributed by atoms with van der Waals surface area (Å²) in [5, 5.41) is 8.70. The highest BCUT2D eigenvalue weighted by atomic mass is 35.5. The van der Waals surface area contributed by atoms with Crippen molar-refractivity contribution in [2.75, 3.05) is 25.5 Å². The van der Waals surface area contributed by atoms with Gasteiger partial charge in [0.2, 0.25) is 0 Å². The van der Waals surface area contributed by atoms with E-state index in [1.165, 1.54) is 22.5 Å². The van der Waals surface area contributed by atoms with Crippen LogP contribution in [0.15, 0.2) is 29.6 Å². The highest BCUT2D eigenvalue weighted by Crippen LogP contribution is 2.27. The van der Waals surface area contributed by atoms with Crippen molar-refractivity contribution in [3.63, 3.8) is 0 Å². The second-order valence-electron chi connectivity index (χ2n) is 7.02. The lowest BCUT2D eigenvalue weighted by Crippen LogP contribution is -2.38. The van der Waals surface area contributed by atoms with Crippen molar-refractivity contribution in [2.45, 2.75) is 31.7 Å². The number of carbonyl (C=O) groups excluding carboxylic acids is 2. The van der Waals surface area contributed by atoms with Gasteiger partial charge in [0, 0.05) is 25.2 Å². The summed E-state index contributed by atoms with van der Waals surface area (Å²) >= 11 is 1.39. The fourth-order valence-electron chi connectivity index (χ4n) is 3.79. The molecule has 5 nitrogen and oxygen atoms in total. The molecule has 1 aliphatic carbocycles. The van der Waals surface area contributed by atoms with E-state index in [-0.39, 0.29) is 30.3 Å². The van der Waals surface area contributed by atoms with Crippen molar-refractivity contribution in [1.29, 1.82) is 0 Å². The summed E-state index contributed by atoms with van der Waals surface area (Å²) in [7, 11) is 1.84. The molecule has 1 aromatic heterocycles. The topological polar surface area (TPSA) is 61.4 Å². The van der Waals surface area contributed by atoms with Crippen molar-refractivity contribution >= 4 is 40.6 Å². The van der Waals surface area contributed by atoms with Crippen LogP contribution >= 0.6 is 23.7 Å². The number of likely N-dealkylation sites (N-methyl/N-ethyl adjacent to an activating group) is 1. The van der Waals surface area contributed by atoms with E-state index in [0.717, 1.165) is 38.8 Å². The van der Waals surface area contributed by atoms with Gasteiger partial charge in [-0.3, -0.25) is 9.59 Å². The first-order chi connectivity index (χ1) is 12.6. The normalized spacial score (nSPS) is 17.9. The van der Waals surface area contributed by atoms with E-state index < -0.39 is 0 Å². The minimum atomic E-state index is -0.151. The van der Waals surface area contributed by atoms with E-state index in [2.05, 4.69) is 16.7 Å². The SMILES string of the molecule is CN(C(=O)c1ccsc1NC(=O)c1ccc2c(c1)CCC2)C1CCNC1.Cl. The van der Waals surface area contributed by atoms with Gasteiger partial charge in [-0.1, -0.05) is 6.07 Å². The number of benzene rings is 1. The molecule has 2 heterocycles. The maximum Gasteiger partial charge on any atom is 0.256 e. The Balaban J connectivity index is 0.00000210. The summed E-state index contributed by atoms with van der Waals surface area (Å²) in [4.78, 5) is 27.3. The number of anilines is 1. The minimum Gasteiger partial charge on any atom is -0.337 e. The summed E-state index contributed by atoms with van der Waals surface area (Å²) in [6.07, 6.45) is 4.26. The van der Waals surface area contributed by atoms with E-state index in [1.54, 1.807) is 11.0 Å². The molecule has 7 heteroatoms. The average molecular weight is 406 g/mol. The van der Waals surface area contributed by atoms with Crippen molar-refractivity contribution < 1.29 is 9.59 Å². The largest absolute Gasteiger partial charge is 0.337 e. The van der Waals surface area contributed by atoms with Gasteiger partial charge in [-0.25, -0.2) is 0 Å². The van der Waals surface area contributed by atoms with Gasteiger partial charge in [-0.05, 0) is 66.9 Å². The fourth-order valence-corrected chi connectivity index (χ4v) is 4.56. The Morgan fingerprint density at radius 3 is 2.81 bits per heavy atom.